The normalized spacial score (nSPS) is 11.9. The van der Waals surface area contributed by atoms with Crippen LogP contribution >= 0.6 is 0 Å². The second kappa shape index (κ2) is 11.9. The van der Waals surface area contributed by atoms with Gasteiger partial charge in [-0.1, -0.05) is 97.1 Å². The van der Waals surface area contributed by atoms with Crippen LogP contribution in [0, 0.1) is 0 Å². The summed E-state index contributed by atoms with van der Waals surface area (Å²) in [5.41, 5.74) is 11.3. The van der Waals surface area contributed by atoms with E-state index in [1.165, 1.54) is 0 Å². The molecular formula is C50H30N4O2. The van der Waals surface area contributed by atoms with Crippen molar-refractivity contribution in [3.63, 3.8) is 0 Å². The van der Waals surface area contributed by atoms with E-state index < -0.39 is 0 Å². The smallest absolute Gasteiger partial charge is 0.143 e. The first-order chi connectivity index (χ1) is 27.7. The first-order valence-corrected chi connectivity index (χ1v) is 18.7. The van der Waals surface area contributed by atoms with Gasteiger partial charge in [-0.3, -0.25) is 0 Å². The molecule has 0 aliphatic rings. The number of nitrogens with zero attached hydrogens (tertiary/aromatic N) is 4. The molecule has 12 rings (SSSR count). The molecule has 6 heteroatoms. The maximum atomic E-state index is 6.66. The zero-order valence-corrected chi connectivity index (χ0v) is 29.9. The Hall–Kier alpha value is -7.70. The molecule has 56 heavy (non-hydrogen) atoms. The van der Waals surface area contributed by atoms with Gasteiger partial charge >= 0.3 is 0 Å². The van der Waals surface area contributed by atoms with Crippen molar-refractivity contribution in [1.29, 1.82) is 0 Å². The summed E-state index contributed by atoms with van der Waals surface area (Å²) in [5.74, 6) is 0. The standard InChI is InChI=1S/C50H30N4O2/c1-3-9-39-33(7-1)17-25-43-41-27-23-37(29-47(41)55-49(39)43)53(38-24-28-42-44-26-18-34-8-2-4-10-40(34)50(44)56-48(42)30-38)35-19-13-31(14-20-35)32-15-21-36(22-16-32)54-51-45-11-5-6-12-46(45)52-54/h1-30H. The molecule has 262 valence electrons. The second-order valence-electron chi connectivity index (χ2n) is 14.3. The number of hydrogen-bond donors (Lipinski definition) is 0. The number of fused-ring (bicyclic) bond motifs is 11. The van der Waals surface area contributed by atoms with Crippen molar-refractivity contribution in [2.75, 3.05) is 4.90 Å². The Morgan fingerprint density at radius 1 is 0.375 bits per heavy atom. The fraction of sp³-hybridized carbons (Fsp3) is 0. The molecule has 0 saturated carbocycles. The molecule has 3 heterocycles. The van der Waals surface area contributed by atoms with Gasteiger partial charge in [-0.25, -0.2) is 0 Å². The van der Waals surface area contributed by atoms with Gasteiger partial charge in [0.15, 0.2) is 0 Å². The van der Waals surface area contributed by atoms with Crippen molar-refractivity contribution in [2.45, 2.75) is 0 Å². The van der Waals surface area contributed by atoms with E-state index in [2.05, 4.69) is 173 Å². The molecule has 0 unspecified atom stereocenters. The van der Waals surface area contributed by atoms with E-state index in [-0.39, 0.29) is 0 Å². The third kappa shape index (κ3) is 4.76. The Balaban J connectivity index is 0.974. The number of anilines is 3. The lowest BCUT2D eigenvalue weighted by atomic mass is 10.0. The third-order valence-corrected chi connectivity index (χ3v) is 11.1. The molecule has 0 amide bonds. The SMILES string of the molecule is c1ccc2c(c1)ccc1c3ccc(N(c4ccc(-c5ccc(-n6nc7ccccc7n6)cc5)cc4)c4ccc5c(c4)oc4c6ccccc6ccc54)cc3oc21. The minimum absolute atomic E-state index is 0.839. The van der Waals surface area contributed by atoms with Crippen molar-refractivity contribution < 1.29 is 8.83 Å². The first-order valence-electron chi connectivity index (χ1n) is 18.7. The van der Waals surface area contributed by atoms with Crippen LogP contribution in [0.4, 0.5) is 17.1 Å². The highest BCUT2D eigenvalue weighted by Crippen LogP contribution is 2.43. The summed E-state index contributed by atoms with van der Waals surface area (Å²) < 4.78 is 13.3. The molecule has 0 atom stereocenters. The number of benzene rings is 9. The van der Waals surface area contributed by atoms with Crippen LogP contribution < -0.4 is 4.90 Å². The maximum Gasteiger partial charge on any atom is 0.143 e. The van der Waals surface area contributed by atoms with Crippen molar-refractivity contribution >= 4 is 93.5 Å². The van der Waals surface area contributed by atoms with Gasteiger partial charge < -0.3 is 13.7 Å². The average Bonchev–Trinajstić information content (AvgIpc) is 3.97. The van der Waals surface area contributed by atoms with Gasteiger partial charge in [-0.15, -0.1) is 10.2 Å². The molecule has 12 aromatic rings. The second-order valence-corrected chi connectivity index (χ2v) is 14.3. The van der Waals surface area contributed by atoms with Crippen LogP contribution in [0.1, 0.15) is 0 Å². The van der Waals surface area contributed by atoms with Gasteiger partial charge in [0.2, 0.25) is 0 Å². The molecule has 0 bridgehead atoms. The van der Waals surface area contributed by atoms with Gasteiger partial charge in [0.25, 0.3) is 0 Å². The van der Waals surface area contributed by atoms with Crippen molar-refractivity contribution in [3.8, 4) is 16.8 Å². The third-order valence-electron chi connectivity index (χ3n) is 11.1. The Morgan fingerprint density at radius 2 is 0.821 bits per heavy atom. The predicted molar refractivity (Wildman–Crippen MR) is 229 cm³/mol. The topological polar surface area (TPSA) is 60.2 Å². The summed E-state index contributed by atoms with van der Waals surface area (Å²) >= 11 is 0. The number of rotatable bonds is 5. The van der Waals surface area contributed by atoms with E-state index in [0.29, 0.717) is 0 Å². The summed E-state index contributed by atoms with van der Waals surface area (Å²) in [5, 5.41) is 18.2. The highest BCUT2D eigenvalue weighted by molar-refractivity contribution is 6.17. The molecule has 3 aromatic heterocycles. The summed E-state index contributed by atoms with van der Waals surface area (Å²) in [7, 11) is 0. The average molecular weight is 719 g/mol. The summed E-state index contributed by atoms with van der Waals surface area (Å²) in [6, 6.07) is 63.5. The largest absolute Gasteiger partial charge is 0.455 e. The quantitative estimate of drug-likeness (QED) is 0.177. The molecular weight excluding hydrogens is 689 g/mol. The fourth-order valence-electron chi connectivity index (χ4n) is 8.28. The van der Waals surface area contributed by atoms with E-state index in [4.69, 9.17) is 8.83 Å². The van der Waals surface area contributed by atoms with E-state index in [1.54, 1.807) is 4.80 Å². The molecule has 9 aromatic carbocycles. The first kappa shape index (κ1) is 30.7. The number of furan rings is 2. The molecule has 0 aliphatic carbocycles. The minimum Gasteiger partial charge on any atom is -0.455 e. The highest BCUT2D eigenvalue weighted by atomic mass is 16.3. The molecule has 6 nitrogen and oxygen atoms in total. The Bertz CT molecular complexity index is 3300. The van der Waals surface area contributed by atoms with E-state index in [9.17, 15) is 0 Å². The van der Waals surface area contributed by atoms with Crippen molar-refractivity contribution in [2.24, 2.45) is 0 Å². The number of hydrogen-bond acceptors (Lipinski definition) is 5. The van der Waals surface area contributed by atoms with Crippen LogP contribution in [0.25, 0.3) is 93.3 Å². The van der Waals surface area contributed by atoms with Gasteiger partial charge in [0.1, 0.15) is 33.4 Å². The molecule has 0 saturated heterocycles. The van der Waals surface area contributed by atoms with Crippen LogP contribution in [0.3, 0.4) is 0 Å². The Morgan fingerprint density at radius 3 is 1.36 bits per heavy atom. The van der Waals surface area contributed by atoms with Crippen molar-refractivity contribution in [3.05, 3.63) is 182 Å². The lowest BCUT2D eigenvalue weighted by Crippen LogP contribution is -2.09. The summed E-state index contributed by atoms with van der Waals surface area (Å²) in [6.45, 7) is 0. The predicted octanol–water partition coefficient (Wildman–Crippen LogP) is 13.7. The Kier molecular flexibility index (Phi) is 6.53. The van der Waals surface area contributed by atoms with Crippen LogP contribution in [0.5, 0.6) is 0 Å². The summed E-state index contributed by atoms with van der Waals surface area (Å²) in [6.07, 6.45) is 0. The minimum atomic E-state index is 0.839. The fourth-order valence-corrected chi connectivity index (χ4v) is 8.28. The maximum absolute atomic E-state index is 6.66. The van der Waals surface area contributed by atoms with E-state index in [1.807, 2.05) is 24.3 Å². The van der Waals surface area contributed by atoms with Crippen LogP contribution in [-0.4, -0.2) is 15.0 Å². The van der Waals surface area contributed by atoms with Gasteiger partial charge in [-0.05, 0) is 94.7 Å². The van der Waals surface area contributed by atoms with Gasteiger partial charge in [0.05, 0.1) is 5.69 Å². The van der Waals surface area contributed by atoms with E-state index in [0.717, 1.165) is 110 Å². The van der Waals surface area contributed by atoms with Crippen LogP contribution in [0.15, 0.2) is 191 Å². The number of aromatic nitrogens is 3. The molecule has 0 aliphatic heterocycles. The van der Waals surface area contributed by atoms with Crippen LogP contribution in [0.2, 0.25) is 0 Å². The molecule has 0 spiro atoms. The Labute approximate surface area is 320 Å². The zero-order valence-electron chi connectivity index (χ0n) is 29.9. The molecule has 0 radical (unpaired) electrons. The lowest BCUT2D eigenvalue weighted by Gasteiger charge is -2.25. The highest BCUT2D eigenvalue weighted by Gasteiger charge is 2.19. The van der Waals surface area contributed by atoms with E-state index >= 15 is 0 Å². The monoisotopic (exact) mass is 718 g/mol. The van der Waals surface area contributed by atoms with Gasteiger partial charge in [0, 0.05) is 61.5 Å². The molecule has 0 N–H and O–H groups in total. The van der Waals surface area contributed by atoms with Crippen molar-refractivity contribution in [1.82, 2.24) is 15.0 Å². The molecule has 0 fully saturated rings. The van der Waals surface area contributed by atoms with Crippen LogP contribution in [-0.2, 0) is 0 Å². The lowest BCUT2D eigenvalue weighted by molar-refractivity contribution is 0.672. The zero-order chi connectivity index (χ0) is 36.7. The van der Waals surface area contributed by atoms with Gasteiger partial charge in [-0.2, -0.15) is 4.80 Å². The summed E-state index contributed by atoms with van der Waals surface area (Å²) in [4.78, 5) is 3.97.